The van der Waals surface area contributed by atoms with E-state index < -0.39 is 0 Å². The fourth-order valence-corrected chi connectivity index (χ4v) is 5.84. The molecule has 4 rings (SSSR count). The second-order valence-electron chi connectivity index (χ2n) is 6.94. The third-order valence-corrected chi connectivity index (χ3v) is 7.28. The highest BCUT2D eigenvalue weighted by atomic mass is 32.2. The minimum absolute atomic E-state index is 0.0809. The maximum absolute atomic E-state index is 13.1. The van der Waals surface area contributed by atoms with E-state index >= 15 is 0 Å². The van der Waals surface area contributed by atoms with E-state index in [1.807, 2.05) is 55.5 Å². The van der Waals surface area contributed by atoms with E-state index in [-0.39, 0.29) is 11.2 Å². The Hall–Kier alpha value is -2.05. The molecule has 0 unspecified atom stereocenters. The van der Waals surface area contributed by atoms with Gasteiger partial charge in [0.2, 0.25) is 5.91 Å². The molecule has 146 valence electrons. The van der Waals surface area contributed by atoms with Gasteiger partial charge in [0.15, 0.2) is 4.34 Å². The molecule has 1 saturated carbocycles. The summed E-state index contributed by atoms with van der Waals surface area (Å²) in [7, 11) is 0. The molecule has 1 amide bonds. The van der Waals surface area contributed by atoms with Crippen molar-refractivity contribution in [1.82, 2.24) is 10.3 Å². The monoisotopic (exact) mass is 412 g/mol. The third kappa shape index (κ3) is 4.50. The Bertz CT molecular complexity index is 936. The molecule has 0 radical (unpaired) electrons. The molecule has 3 aromatic rings. The van der Waals surface area contributed by atoms with Gasteiger partial charge in [0.1, 0.15) is 11.0 Å². The molecule has 0 bridgehead atoms. The number of fused-ring (bicyclic) bond motifs is 1. The highest BCUT2D eigenvalue weighted by Gasteiger charge is 2.27. The second-order valence-corrected chi connectivity index (χ2v) is 9.32. The molecular weight excluding hydrogens is 388 g/mol. The van der Waals surface area contributed by atoms with Gasteiger partial charge in [-0.25, -0.2) is 4.98 Å². The summed E-state index contributed by atoms with van der Waals surface area (Å²) in [6.45, 7) is 2.62. The summed E-state index contributed by atoms with van der Waals surface area (Å²) in [4.78, 5) is 17.8. The normalized spacial score (nSPS) is 15.6. The molecule has 1 heterocycles. The van der Waals surface area contributed by atoms with E-state index in [0.29, 0.717) is 12.6 Å². The zero-order valence-corrected chi connectivity index (χ0v) is 17.5. The number of nitrogens with one attached hydrogen (secondary N) is 1. The van der Waals surface area contributed by atoms with Crippen molar-refractivity contribution < 1.29 is 9.53 Å². The summed E-state index contributed by atoms with van der Waals surface area (Å²) < 4.78 is 7.58. The highest BCUT2D eigenvalue weighted by molar-refractivity contribution is 8.02. The zero-order chi connectivity index (χ0) is 19.3. The predicted octanol–water partition coefficient (Wildman–Crippen LogP) is 5.59. The van der Waals surface area contributed by atoms with Gasteiger partial charge in [0.05, 0.1) is 16.8 Å². The average Bonchev–Trinajstić information content (AvgIpc) is 3.36. The van der Waals surface area contributed by atoms with E-state index in [2.05, 4.69) is 5.32 Å². The summed E-state index contributed by atoms with van der Waals surface area (Å²) >= 11 is 3.15. The molecular formula is C22H24N2O2S2. The van der Waals surface area contributed by atoms with Crippen LogP contribution in [0.2, 0.25) is 0 Å². The van der Waals surface area contributed by atoms with Crippen LogP contribution in [0, 0.1) is 0 Å². The average molecular weight is 413 g/mol. The second kappa shape index (κ2) is 8.97. The van der Waals surface area contributed by atoms with Gasteiger partial charge < -0.3 is 10.1 Å². The Balaban J connectivity index is 1.57. The quantitative estimate of drug-likeness (QED) is 0.514. The summed E-state index contributed by atoms with van der Waals surface area (Å²) in [6, 6.07) is 16.3. The molecule has 0 saturated heterocycles. The minimum atomic E-state index is -0.297. The molecule has 1 fully saturated rings. The molecule has 28 heavy (non-hydrogen) atoms. The van der Waals surface area contributed by atoms with Crippen LogP contribution in [0.3, 0.4) is 0 Å². The van der Waals surface area contributed by atoms with Crippen LogP contribution in [-0.2, 0) is 4.79 Å². The van der Waals surface area contributed by atoms with Gasteiger partial charge in [0.25, 0.3) is 0 Å². The van der Waals surface area contributed by atoms with Crippen LogP contribution in [0.5, 0.6) is 5.75 Å². The van der Waals surface area contributed by atoms with E-state index in [0.717, 1.165) is 38.7 Å². The minimum Gasteiger partial charge on any atom is -0.494 e. The van der Waals surface area contributed by atoms with Gasteiger partial charge >= 0.3 is 0 Å². The van der Waals surface area contributed by atoms with Crippen LogP contribution in [0.4, 0.5) is 0 Å². The number of benzene rings is 2. The first-order valence-electron chi connectivity index (χ1n) is 9.78. The summed E-state index contributed by atoms with van der Waals surface area (Å²) in [5.41, 5.74) is 1.95. The number of nitrogens with zero attached hydrogens (tertiary/aromatic N) is 1. The summed E-state index contributed by atoms with van der Waals surface area (Å²) in [5, 5.41) is 2.96. The Morgan fingerprint density at radius 3 is 2.79 bits per heavy atom. The molecule has 1 aromatic heterocycles. The standard InChI is InChI=1S/C22H24N2O2S2/c1-2-26-17-12-13-18-19(14-17)27-22(24-18)28-20(15-8-4-3-5-9-15)21(25)23-16-10-6-7-11-16/h3-5,8-9,12-14,16,20H,2,6-7,10-11H2,1H3,(H,23,25)/t20-/m0/s1. The first-order valence-corrected chi connectivity index (χ1v) is 11.5. The van der Waals surface area contributed by atoms with Crippen LogP contribution in [0.1, 0.15) is 43.4 Å². The number of rotatable bonds is 7. The van der Waals surface area contributed by atoms with E-state index in [1.54, 1.807) is 11.3 Å². The molecule has 0 spiro atoms. The molecule has 1 aliphatic rings. The number of thiazole rings is 1. The lowest BCUT2D eigenvalue weighted by molar-refractivity contribution is -0.121. The molecule has 1 aliphatic carbocycles. The van der Waals surface area contributed by atoms with Crippen LogP contribution in [-0.4, -0.2) is 23.5 Å². The van der Waals surface area contributed by atoms with Crippen molar-refractivity contribution in [3.8, 4) is 5.75 Å². The Morgan fingerprint density at radius 1 is 1.25 bits per heavy atom. The number of thioether (sulfide) groups is 1. The van der Waals surface area contributed by atoms with Crippen molar-refractivity contribution in [1.29, 1.82) is 0 Å². The summed E-state index contributed by atoms with van der Waals surface area (Å²) in [5.74, 6) is 0.936. The van der Waals surface area contributed by atoms with Crippen LogP contribution >= 0.6 is 23.1 Å². The predicted molar refractivity (Wildman–Crippen MR) is 116 cm³/mol. The van der Waals surface area contributed by atoms with E-state index in [1.165, 1.54) is 24.6 Å². The van der Waals surface area contributed by atoms with Gasteiger partial charge in [-0.1, -0.05) is 54.9 Å². The largest absolute Gasteiger partial charge is 0.494 e. The van der Waals surface area contributed by atoms with Crippen molar-refractivity contribution in [2.45, 2.75) is 48.2 Å². The summed E-state index contributed by atoms with van der Waals surface area (Å²) in [6.07, 6.45) is 4.57. The molecule has 6 heteroatoms. The van der Waals surface area contributed by atoms with Gasteiger partial charge in [-0.3, -0.25) is 4.79 Å². The SMILES string of the molecule is CCOc1ccc2nc(S[C@H](C(=O)NC3CCCC3)c3ccccc3)sc2c1. The first-order chi connectivity index (χ1) is 13.7. The number of ether oxygens (including phenoxy) is 1. The number of amides is 1. The van der Waals surface area contributed by atoms with Crippen LogP contribution < -0.4 is 10.1 Å². The third-order valence-electron chi connectivity index (χ3n) is 4.91. The van der Waals surface area contributed by atoms with Gasteiger partial charge in [0, 0.05) is 6.04 Å². The smallest absolute Gasteiger partial charge is 0.238 e. The molecule has 4 nitrogen and oxygen atoms in total. The topological polar surface area (TPSA) is 51.2 Å². The maximum Gasteiger partial charge on any atom is 0.238 e. The van der Waals surface area contributed by atoms with Crippen molar-refractivity contribution >= 4 is 39.2 Å². The van der Waals surface area contributed by atoms with Crippen molar-refractivity contribution in [2.24, 2.45) is 0 Å². The lowest BCUT2D eigenvalue weighted by atomic mass is 10.1. The fourth-order valence-electron chi connectivity index (χ4n) is 3.54. The van der Waals surface area contributed by atoms with Crippen LogP contribution in [0.15, 0.2) is 52.9 Å². The first kappa shape index (κ1) is 19.3. The maximum atomic E-state index is 13.1. The lowest BCUT2D eigenvalue weighted by Gasteiger charge is -2.19. The van der Waals surface area contributed by atoms with Crippen molar-refractivity contribution in [3.05, 3.63) is 54.1 Å². The lowest BCUT2D eigenvalue weighted by Crippen LogP contribution is -2.35. The fraction of sp³-hybridized carbons (Fsp3) is 0.364. The van der Waals surface area contributed by atoms with Crippen molar-refractivity contribution in [3.63, 3.8) is 0 Å². The Morgan fingerprint density at radius 2 is 2.04 bits per heavy atom. The number of hydrogen-bond donors (Lipinski definition) is 1. The molecule has 0 aliphatic heterocycles. The van der Waals surface area contributed by atoms with E-state index in [4.69, 9.17) is 9.72 Å². The molecule has 1 N–H and O–H groups in total. The molecule has 1 atom stereocenters. The van der Waals surface area contributed by atoms with Gasteiger partial charge in [-0.15, -0.1) is 11.3 Å². The highest BCUT2D eigenvalue weighted by Crippen LogP contribution is 2.40. The Labute approximate surface area is 173 Å². The molecule has 2 aromatic carbocycles. The van der Waals surface area contributed by atoms with Gasteiger partial charge in [-0.05, 0) is 43.5 Å². The number of aromatic nitrogens is 1. The zero-order valence-electron chi connectivity index (χ0n) is 15.9. The number of carbonyl (C=O) groups is 1. The van der Waals surface area contributed by atoms with Gasteiger partial charge in [-0.2, -0.15) is 0 Å². The Kier molecular flexibility index (Phi) is 6.17. The number of hydrogen-bond acceptors (Lipinski definition) is 5. The van der Waals surface area contributed by atoms with Crippen LogP contribution in [0.25, 0.3) is 10.2 Å². The number of carbonyl (C=O) groups excluding carboxylic acids is 1. The van der Waals surface area contributed by atoms with E-state index in [9.17, 15) is 4.79 Å². The van der Waals surface area contributed by atoms with Crippen molar-refractivity contribution in [2.75, 3.05) is 6.61 Å².